The van der Waals surface area contributed by atoms with E-state index >= 15 is 0 Å². The summed E-state index contributed by atoms with van der Waals surface area (Å²) >= 11 is 0. The zero-order valence-corrected chi connectivity index (χ0v) is 11.1. The van der Waals surface area contributed by atoms with Crippen LogP contribution in [0.25, 0.3) is 0 Å². The minimum atomic E-state index is -0.225. The Morgan fingerprint density at radius 1 is 1.00 bits per heavy atom. The predicted molar refractivity (Wildman–Crippen MR) is 80.6 cm³/mol. The average Bonchev–Trinajstić information content (AvgIpc) is 2.42. The Labute approximate surface area is 117 Å². The van der Waals surface area contributed by atoms with Crippen LogP contribution in [-0.2, 0) is 4.79 Å². The maximum Gasteiger partial charge on any atom is 0.250 e. The Morgan fingerprint density at radius 3 is 2.35 bits per heavy atom. The molecule has 0 unspecified atom stereocenters. The van der Waals surface area contributed by atoms with Crippen LogP contribution in [0, 0.1) is 0 Å². The third-order valence-corrected chi connectivity index (χ3v) is 2.62. The number of allylic oxidation sites excluding steroid dienone is 1. The molecule has 1 amide bonds. The molecule has 4 heteroatoms. The molecule has 0 heterocycles. The van der Waals surface area contributed by atoms with Gasteiger partial charge >= 0.3 is 0 Å². The van der Waals surface area contributed by atoms with E-state index in [9.17, 15) is 9.90 Å². The predicted octanol–water partition coefficient (Wildman–Crippen LogP) is 3.35. The lowest BCUT2D eigenvalue weighted by Gasteiger charge is -2.08. The van der Waals surface area contributed by atoms with E-state index in [-0.39, 0.29) is 11.7 Å². The van der Waals surface area contributed by atoms with Gasteiger partial charge in [0.2, 0.25) is 5.91 Å². The minimum absolute atomic E-state index is 0.142. The van der Waals surface area contributed by atoms with Gasteiger partial charge < -0.3 is 15.7 Å². The Bertz CT molecular complexity index is 621. The summed E-state index contributed by atoms with van der Waals surface area (Å²) in [5.41, 5.74) is 1.94. The number of carbonyl (C=O) groups is 1. The van der Waals surface area contributed by atoms with Crippen LogP contribution in [0.3, 0.4) is 0 Å². The van der Waals surface area contributed by atoms with E-state index in [1.807, 2.05) is 30.3 Å². The number of carbonyl (C=O) groups excluding carboxylic acids is 1. The highest BCUT2D eigenvalue weighted by Gasteiger charge is 2.02. The highest BCUT2D eigenvalue weighted by molar-refractivity contribution is 5.99. The van der Waals surface area contributed by atoms with Crippen LogP contribution < -0.4 is 10.6 Å². The van der Waals surface area contributed by atoms with Crippen LogP contribution in [0.4, 0.5) is 11.4 Å². The van der Waals surface area contributed by atoms with Crippen molar-refractivity contribution in [1.82, 2.24) is 0 Å². The van der Waals surface area contributed by atoms with E-state index < -0.39 is 0 Å². The first-order valence-corrected chi connectivity index (χ1v) is 6.24. The molecule has 2 aromatic rings. The maximum absolute atomic E-state index is 11.8. The standard InChI is InChI=1S/C16H16N2O2/c1-12(17-14-9-5-6-10-15(14)19)11-16(20)18-13-7-3-2-4-8-13/h2-11,17,19H,1H3,(H,18,20). The Kier molecular flexibility index (Phi) is 4.39. The highest BCUT2D eigenvalue weighted by atomic mass is 16.3. The third-order valence-electron chi connectivity index (χ3n) is 2.62. The van der Waals surface area contributed by atoms with E-state index in [2.05, 4.69) is 10.6 Å². The molecule has 102 valence electrons. The van der Waals surface area contributed by atoms with E-state index in [4.69, 9.17) is 0 Å². The summed E-state index contributed by atoms with van der Waals surface area (Å²) in [5, 5.41) is 15.4. The summed E-state index contributed by atoms with van der Waals surface area (Å²) < 4.78 is 0. The zero-order valence-electron chi connectivity index (χ0n) is 11.1. The first-order valence-electron chi connectivity index (χ1n) is 6.24. The lowest BCUT2D eigenvalue weighted by molar-refractivity contribution is -0.111. The lowest BCUT2D eigenvalue weighted by Crippen LogP contribution is -2.10. The van der Waals surface area contributed by atoms with Gasteiger partial charge in [0.15, 0.2) is 0 Å². The topological polar surface area (TPSA) is 61.4 Å². The second-order valence-electron chi connectivity index (χ2n) is 4.32. The number of amides is 1. The van der Waals surface area contributed by atoms with Crippen LogP contribution in [0.1, 0.15) is 6.92 Å². The monoisotopic (exact) mass is 268 g/mol. The van der Waals surface area contributed by atoms with Crippen molar-refractivity contribution in [3.8, 4) is 5.75 Å². The molecule has 0 bridgehead atoms. The zero-order chi connectivity index (χ0) is 14.4. The van der Waals surface area contributed by atoms with Crippen molar-refractivity contribution in [2.75, 3.05) is 10.6 Å². The van der Waals surface area contributed by atoms with Crippen LogP contribution >= 0.6 is 0 Å². The number of hydrogen-bond donors (Lipinski definition) is 3. The van der Waals surface area contributed by atoms with Crippen LogP contribution in [0.2, 0.25) is 0 Å². The molecule has 4 nitrogen and oxygen atoms in total. The van der Waals surface area contributed by atoms with Gasteiger partial charge in [-0.2, -0.15) is 0 Å². The van der Waals surface area contributed by atoms with Gasteiger partial charge in [-0.05, 0) is 31.2 Å². The van der Waals surface area contributed by atoms with Crippen molar-refractivity contribution in [1.29, 1.82) is 0 Å². The number of aromatic hydroxyl groups is 1. The van der Waals surface area contributed by atoms with Crippen LogP contribution in [0.5, 0.6) is 5.75 Å². The Hall–Kier alpha value is -2.75. The van der Waals surface area contributed by atoms with Gasteiger partial charge in [0.1, 0.15) is 5.75 Å². The fourth-order valence-electron chi connectivity index (χ4n) is 1.72. The Morgan fingerprint density at radius 2 is 1.65 bits per heavy atom. The summed E-state index contributed by atoms with van der Waals surface area (Å²) in [6, 6.07) is 16.1. The quantitative estimate of drug-likeness (QED) is 0.588. The number of para-hydroxylation sites is 3. The summed E-state index contributed by atoms with van der Waals surface area (Å²) in [7, 11) is 0. The summed E-state index contributed by atoms with van der Waals surface area (Å²) in [6.45, 7) is 1.76. The fourth-order valence-corrected chi connectivity index (χ4v) is 1.72. The second-order valence-corrected chi connectivity index (χ2v) is 4.32. The van der Waals surface area contributed by atoms with E-state index in [0.717, 1.165) is 5.69 Å². The number of phenolic OH excluding ortho intramolecular Hbond substituents is 1. The Balaban J connectivity index is 2.00. The van der Waals surface area contributed by atoms with Crippen molar-refractivity contribution < 1.29 is 9.90 Å². The van der Waals surface area contributed by atoms with E-state index in [1.165, 1.54) is 6.08 Å². The summed E-state index contributed by atoms with van der Waals surface area (Å²) in [4.78, 5) is 11.8. The molecule has 0 atom stereocenters. The molecule has 0 spiro atoms. The van der Waals surface area contributed by atoms with Crippen molar-refractivity contribution in [3.63, 3.8) is 0 Å². The van der Waals surface area contributed by atoms with Gasteiger partial charge in [-0.3, -0.25) is 4.79 Å². The number of phenols is 1. The van der Waals surface area contributed by atoms with Crippen molar-refractivity contribution in [2.45, 2.75) is 6.92 Å². The fraction of sp³-hybridized carbons (Fsp3) is 0.0625. The van der Waals surface area contributed by atoms with Crippen molar-refractivity contribution in [3.05, 3.63) is 66.4 Å². The maximum atomic E-state index is 11.8. The molecule has 0 aliphatic carbocycles. The molecular formula is C16H16N2O2. The molecule has 0 fully saturated rings. The van der Waals surface area contributed by atoms with Gasteiger partial charge in [0.05, 0.1) is 5.69 Å². The SMILES string of the molecule is CC(=CC(=O)Nc1ccccc1)Nc1ccccc1O. The molecular weight excluding hydrogens is 252 g/mol. The van der Waals surface area contributed by atoms with Gasteiger partial charge in [-0.25, -0.2) is 0 Å². The number of hydrogen-bond acceptors (Lipinski definition) is 3. The van der Waals surface area contributed by atoms with Gasteiger partial charge in [0.25, 0.3) is 0 Å². The molecule has 0 saturated heterocycles. The van der Waals surface area contributed by atoms with Gasteiger partial charge in [-0.1, -0.05) is 30.3 Å². The van der Waals surface area contributed by atoms with Gasteiger partial charge in [0, 0.05) is 17.5 Å². The third kappa shape index (κ3) is 3.88. The first-order chi connectivity index (χ1) is 9.65. The molecule has 0 saturated carbocycles. The molecule has 2 rings (SSSR count). The lowest BCUT2D eigenvalue weighted by atomic mass is 10.2. The largest absolute Gasteiger partial charge is 0.506 e. The summed E-state index contributed by atoms with van der Waals surface area (Å²) in [5.74, 6) is -0.0830. The molecule has 2 aromatic carbocycles. The molecule has 0 aromatic heterocycles. The van der Waals surface area contributed by atoms with Gasteiger partial charge in [-0.15, -0.1) is 0 Å². The van der Waals surface area contributed by atoms with Crippen LogP contribution in [0.15, 0.2) is 66.4 Å². The van der Waals surface area contributed by atoms with Crippen LogP contribution in [-0.4, -0.2) is 11.0 Å². The molecule has 0 aliphatic rings. The van der Waals surface area contributed by atoms with Crippen molar-refractivity contribution >= 4 is 17.3 Å². The molecule has 0 radical (unpaired) electrons. The van der Waals surface area contributed by atoms with Crippen molar-refractivity contribution in [2.24, 2.45) is 0 Å². The normalized spacial score (nSPS) is 10.9. The molecule has 3 N–H and O–H groups in total. The second kappa shape index (κ2) is 6.43. The first kappa shape index (κ1) is 13.7. The minimum Gasteiger partial charge on any atom is -0.506 e. The van der Waals surface area contributed by atoms with E-state index in [0.29, 0.717) is 11.4 Å². The smallest absolute Gasteiger partial charge is 0.250 e. The molecule has 20 heavy (non-hydrogen) atoms. The number of nitrogens with one attached hydrogen (secondary N) is 2. The number of benzene rings is 2. The summed E-state index contributed by atoms with van der Waals surface area (Å²) in [6.07, 6.45) is 1.44. The number of rotatable bonds is 4. The number of anilines is 2. The van der Waals surface area contributed by atoms with E-state index in [1.54, 1.807) is 31.2 Å². The average molecular weight is 268 g/mol. The highest BCUT2D eigenvalue weighted by Crippen LogP contribution is 2.22. The molecule has 0 aliphatic heterocycles.